The van der Waals surface area contributed by atoms with Gasteiger partial charge >= 0.3 is 0 Å². The van der Waals surface area contributed by atoms with Crippen molar-refractivity contribution in [3.05, 3.63) is 47.9 Å². The molecule has 0 atom stereocenters. The van der Waals surface area contributed by atoms with E-state index in [-0.39, 0.29) is 0 Å². The molecule has 50 valence electrons. The quantitative estimate of drug-likeness (QED) is 0.459. The van der Waals surface area contributed by atoms with E-state index >= 15 is 0 Å². The van der Waals surface area contributed by atoms with Gasteiger partial charge in [0.05, 0.1) is 0 Å². The van der Waals surface area contributed by atoms with E-state index in [2.05, 4.69) is 5.73 Å². The molecule has 1 nitrogen and oxygen atoms in total. The molecule has 1 aromatic rings. The van der Waals surface area contributed by atoms with Crippen molar-refractivity contribution in [2.75, 3.05) is 0 Å². The van der Waals surface area contributed by atoms with E-state index in [4.69, 9.17) is 5.11 Å². The highest BCUT2D eigenvalue weighted by molar-refractivity contribution is 5.47. The Labute approximate surface area is 59.9 Å². The normalized spacial score (nSPS) is 8.00. The highest BCUT2D eigenvalue weighted by Crippen LogP contribution is 1.98. The Bertz CT molecular complexity index is 243. The Morgan fingerprint density at radius 1 is 1.20 bits per heavy atom. The summed E-state index contributed by atoms with van der Waals surface area (Å²) in [6.45, 7) is 0. The van der Waals surface area contributed by atoms with Crippen LogP contribution in [0.4, 0.5) is 0 Å². The lowest BCUT2D eigenvalue weighted by Gasteiger charge is -1.85. The van der Waals surface area contributed by atoms with Gasteiger partial charge in [0.15, 0.2) is 0 Å². The van der Waals surface area contributed by atoms with Crippen LogP contribution in [0.5, 0.6) is 0 Å². The van der Waals surface area contributed by atoms with Gasteiger partial charge in [0.2, 0.25) is 0 Å². The van der Waals surface area contributed by atoms with Crippen molar-refractivity contribution in [1.82, 2.24) is 0 Å². The van der Waals surface area contributed by atoms with Crippen LogP contribution in [0.2, 0.25) is 0 Å². The monoisotopic (exact) mass is 132 g/mol. The summed E-state index contributed by atoms with van der Waals surface area (Å²) in [5.41, 5.74) is 3.61. The second-order valence-corrected chi connectivity index (χ2v) is 1.85. The molecule has 0 aliphatic carbocycles. The van der Waals surface area contributed by atoms with Gasteiger partial charge in [0.1, 0.15) is 6.26 Å². The lowest BCUT2D eigenvalue weighted by molar-refractivity contribution is 0.475. The van der Waals surface area contributed by atoms with Crippen molar-refractivity contribution < 1.29 is 5.11 Å². The molecule has 0 fully saturated rings. The first kappa shape index (κ1) is 6.66. The Hall–Kier alpha value is -1.46. The van der Waals surface area contributed by atoms with Gasteiger partial charge in [0.25, 0.3) is 0 Å². The zero-order chi connectivity index (χ0) is 7.23. The van der Waals surface area contributed by atoms with Crippen LogP contribution in [0.3, 0.4) is 0 Å². The van der Waals surface area contributed by atoms with Crippen molar-refractivity contribution in [3.63, 3.8) is 0 Å². The first-order chi connectivity index (χ1) is 4.93. The Kier molecular flexibility index (Phi) is 2.36. The fourth-order valence-corrected chi connectivity index (χ4v) is 0.683. The summed E-state index contributed by atoms with van der Waals surface area (Å²) in [6, 6.07) is 9.70. The predicted octanol–water partition coefficient (Wildman–Crippen LogP) is 2.37. The maximum atomic E-state index is 8.26. The fourth-order valence-electron chi connectivity index (χ4n) is 0.683. The van der Waals surface area contributed by atoms with E-state index in [0.717, 1.165) is 11.8 Å². The summed E-state index contributed by atoms with van der Waals surface area (Å²) in [4.78, 5) is 0. The van der Waals surface area contributed by atoms with Crippen LogP contribution in [0.25, 0.3) is 6.08 Å². The van der Waals surface area contributed by atoms with Crippen LogP contribution in [0.15, 0.2) is 42.3 Å². The van der Waals surface area contributed by atoms with Crippen molar-refractivity contribution in [1.29, 1.82) is 0 Å². The number of benzene rings is 1. The molecule has 10 heavy (non-hydrogen) atoms. The molecule has 0 amide bonds. The lowest BCUT2D eigenvalue weighted by atomic mass is 10.2. The summed E-state index contributed by atoms with van der Waals surface area (Å²) in [6.07, 6.45) is 2.60. The van der Waals surface area contributed by atoms with Crippen LogP contribution in [-0.4, -0.2) is 5.11 Å². The zero-order valence-corrected chi connectivity index (χ0v) is 5.49. The molecule has 0 saturated carbocycles. The van der Waals surface area contributed by atoms with Gasteiger partial charge in [-0.3, -0.25) is 0 Å². The molecule has 1 N–H and O–H groups in total. The molecule has 0 bridgehead atoms. The van der Waals surface area contributed by atoms with Gasteiger partial charge in [-0.2, -0.15) is 0 Å². The molecule has 0 aromatic heterocycles. The number of hydrogen-bond donors (Lipinski definition) is 1. The van der Waals surface area contributed by atoms with Gasteiger partial charge in [-0.1, -0.05) is 36.1 Å². The number of hydrogen-bond acceptors (Lipinski definition) is 1. The van der Waals surface area contributed by atoms with Crippen molar-refractivity contribution in [3.8, 4) is 0 Å². The number of aliphatic hydroxyl groups is 1. The highest BCUT2D eigenvalue weighted by Gasteiger charge is 1.78. The second-order valence-electron chi connectivity index (χ2n) is 1.85. The van der Waals surface area contributed by atoms with Gasteiger partial charge in [0, 0.05) is 0 Å². The Morgan fingerprint density at radius 2 is 1.90 bits per heavy atom. The average molecular weight is 132 g/mol. The Morgan fingerprint density at radius 3 is 2.50 bits per heavy atom. The maximum absolute atomic E-state index is 8.26. The van der Waals surface area contributed by atoms with Crippen LogP contribution >= 0.6 is 0 Å². The summed E-state index contributed by atoms with van der Waals surface area (Å²) >= 11 is 0. The van der Waals surface area contributed by atoms with Crippen molar-refractivity contribution >= 4 is 6.08 Å². The minimum atomic E-state index is 0.896. The first-order valence-electron chi connectivity index (χ1n) is 3.03. The average Bonchev–Trinajstić information content (AvgIpc) is 2.03. The predicted molar refractivity (Wildman–Crippen MR) is 41.6 cm³/mol. The minimum absolute atomic E-state index is 0.896. The van der Waals surface area contributed by atoms with Crippen LogP contribution < -0.4 is 0 Å². The highest BCUT2D eigenvalue weighted by atomic mass is 16.2. The third-order valence-electron chi connectivity index (χ3n) is 1.12. The summed E-state index contributed by atoms with van der Waals surface area (Å²) in [5.74, 6) is 0. The lowest BCUT2D eigenvalue weighted by Crippen LogP contribution is -1.65. The van der Waals surface area contributed by atoms with Crippen LogP contribution in [-0.2, 0) is 0 Å². The van der Waals surface area contributed by atoms with E-state index in [9.17, 15) is 0 Å². The standard InChI is InChI=1S/C9H8O/c10-8-4-7-9-5-2-1-3-6-9/h1-3,5-8,10H. The van der Waals surface area contributed by atoms with E-state index in [0.29, 0.717) is 0 Å². The van der Waals surface area contributed by atoms with E-state index < -0.39 is 0 Å². The van der Waals surface area contributed by atoms with Crippen molar-refractivity contribution in [2.45, 2.75) is 0 Å². The van der Waals surface area contributed by atoms with E-state index in [1.807, 2.05) is 30.3 Å². The second kappa shape index (κ2) is 3.54. The summed E-state index contributed by atoms with van der Waals surface area (Å²) in [7, 11) is 0. The summed E-state index contributed by atoms with van der Waals surface area (Å²) in [5, 5.41) is 8.26. The smallest absolute Gasteiger partial charge is 0.121 e. The molecule has 1 heteroatoms. The molecule has 1 aromatic carbocycles. The Balaban J connectivity index is 2.87. The van der Waals surface area contributed by atoms with Gasteiger partial charge in [-0.25, -0.2) is 0 Å². The molecule has 0 aliphatic rings. The van der Waals surface area contributed by atoms with Gasteiger partial charge in [-0.05, 0) is 11.6 Å². The summed E-state index contributed by atoms with van der Waals surface area (Å²) < 4.78 is 0. The third-order valence-corrected chi connectivity index (χ3v) is 1.12. The third kappa shape index (κ3) is 1.81. The van der Waals surface area contributed by atoms with E-state index in [1.165, 1.54) is 0 Å². The van der Waals surface area contributed by atoms with Crippen molar-refractivity contribution in [2.24, 2.45) is 0 Å². The molecule has 0 spiro atoms. The molecule has 0 aliphatic heterocycles. The van der Waals surface area contributed by atoms with Crippen LogP contribution in [0.1, 0.15) is 5.56 Å². The molecule has 0 saturated heterocycles. The minimum Gasteiger partial charge on any atom is -0.507 e. The van der Waals surface area contributed by atoms with Gasteiger partial charge in [-0.15, -0.1) is 0 Å². The molecule has 1 rings (SSSR count). The van der Waals surface area contributed by atoms with Gasteiger partial charge < -0.3 is 5.11 Å². The number of rotatable bonds is 1. The number of aliphatic hydroxyl groups excluding tert-OH is 1. The zero-order valence-electron chi connectivity index (χ0n) is 5.49. The SMILES string of the molecule is OC=C=Cc1ccccc1. The largest absolute Gasteiger partial charge is 0.507 e. The molecule has 0 heterocycles. The topological polar surface area (TPSA) is 20.2 Å². The molecular weight excluding hydrogens is 124 g/mol. The maximum Gasteiger partial charge on any atom is 0.121 e. The van der Waals surface area contributed by atoms with E-state index in [1.54, 1.807) is 6.08 Å². The fraction of sp³-hybridized carbons (Fsp3) is 0. The molecular formula is C9H8O. The molecule has 0 radical (unpaired) electrons. The first-order valence-corrected chi connectivity index (χ1v) is 3.03. The molecule has 0 unspecified atom stereocenters. The van der Waals surface area contributed by atoms with Crippen LogP contribution in [0, 0.1) is 0 Å².